The summed E-state index contributed by atoms with van der Waals surface area (Å²) in [5, 5.41) is 8.97. The lowest BCUT2D eigenvalue weighted by atomic mass is 10.1. The number of aromatic nitrogens is 2. The highest BCUT2D eigenvalue weighted by Crippen LogP contribution is 2.19. The van der Waals surface area contributed by atoms with Crippen molar-refractivity contribution in [2.75, 3.05) is 13.6 Å². The number of carboxylic acids is 1. The van der Waals surface area contributed by atoms with Gasteiger partial charge in [-0.3, -0.25) is 0 Å². The van der Waals surface area contributed by atoms with Crippen LogP contribution < -0.4 is 0 Å². The van der Waals surface area contributed by atoms with Gasteiger partial charge < -0.3 is 14.4 Å². The summed E-state index contributed by atoms with van der Waals surface area (Å²) in [5.74, 6) is -0.914. The molecule has 0 saturated carbocycles. The Hall–Kier alpha value is -1.88. The molecule has 1 aliphatic heterocycles. The normalized spacial score (nSPS) is 20.2. The van der Waals surface area contributed by atoms with Gasteiger partial charge in [-0.1, -0.05) is 0 Å². The fraction of sp³-hybridized carbons (Fsp3) is 0.429. The van der Waals surface area contributed by atoms with Crippen LogP contribution in [0.1, 0.15) is 28.9 Å². The first-order valence-corrected chi connectivity index (χ1v) is 6.54. The molecular formula is C14H17N3O2. The molecule has 0 radical (unpaired) electrons. The first-order chi connectivity index (χ1) is 9.13. The zero-order valence-electron chi connectivity index (χ0n) is 10.9. The van der Waals surface area contributed by atoms with Gasteiger partial charge in [-0.2, -0.15) is 0 Å². The Morgan fingerprint density at radius 1 is 1.58 bits per heavy atom. The number of carbonyl (C=O) groups is 1. The zero-order valence-corrected chi connectivity index (χ0v) is 10.9. The summed E-state index contributed by atoms with van der Waals surface area (Å²) < 4.78 is 1.89. The SMILES string of the molecule is CN1CCCC1Cc1cn2ccc(C(=O)O)cc2n1. The molecule has 0 amide bonds. The van der Waals surface area contributed by atoms with Crippen LogP contribution in [-0.4, -0.2) is 45.0 Å². The molecule has 0 spiro atoms. The van der Waals surface area contributed by atoms with Crippen LogP contribution in [0.25, 0.3) is 5.65 Å². The Bertz CT molecular complexity index is 620. The first-order valence-electron chi connectivity index (χ1n) is 6.54. The lowest BCUT2D eigenvalue weighted by Crippen LogP contribution is -2.26. The van der Waals surface area contributed by atoms with Crippen molar-refractivity contribution < 1.29 is 9.90 Å². The number of hydrogen-bond acceptors (Lipinski definition) is 3. The van der Waals surface area contributed by atoms with Gasteiger partial charge in [-0.25, -0.2) is 9.78 Å². The van der Waals surface area contributed by atoms with Crippen LogP contribution in [0.4, 0.5) is 0 Å². The number of pyridine rings is 1. The van der Waals surface area contributed by atoms with Gasteiger partial charge in [-0.05, 0) is 38.6 Å². The van der Waals surface area contributed by atoms with Crippen molar-refractivity contribution in [3.8, 4) is 0 Å². The van der Waals surface area contributed by atoms with E-state index in [9.17, 15) is 4.79 Å². The number of nitrogens with zero attached hydrogens (tertiary/aromatic N) is 3. The van der Waals surface area contributed by atoms with E-state index in [1.165, 1.54) is 12.8 Å². The molecule has 5 nitrogen and oxygen atoms in total. The number of likely N-dealkylation sites (N-methyl/N-ethyl adjacent to an activating group) is 1. The number of hydrogen-bond donors (Lipinski definition) is 1. The predicted molar refractivity (Wildman–Crippen MR) is 71.5 cm³/mol. The highest BCUT2D eigenvalue weighted by Gasteiger charge is 2.22. The molecule has 0 aromatic carbocycles. The van der Waals surface area contributed by atoms with Crippen molar-refractivity contribution in [1.82, 2.24) is 14.3 Å². The van der Waals surface area contributed by atoms with Gasteiger partial charge in [0.25, 0.3) is 0 Å². The maximum atomic E-state index is 10.9. The molecule has 1 atom stereocenters. The second-order valence-corrected chi connectivity index (χ2v) is 5.20. The fourth-order valence-electron chi connectivity index (χ4n) is 2.74. The molecular weight excluding hydrogens is 242 g/mol. The minimum Gasteiger partial charge on any atom is -0.478 e. The maximum absolute atomic E-state index is 10.9. The molecule has 3 rings (SSSR count). The summed E-state index contributed by atoms with van der Waals surface area (Å²) in [4.78, 5) is 17.8. The maximum Gasteiger partial charge on any atom is 0.335 e. The van der Waals surface area contributed by atoms with E-state index in [1.54, 1.807) is 18.3 Å². The van der Waals surface area contributed by atoms with Crippen LogP contribution in [0.3, 0.4) is 0 Å². The Balaban J connectivity index is 1.87. The van der Waals surface area contributed by atoms with Crippen molar-refractivity contribution in [2.45, 2.75) is 25.3 Å². The molecule has 3 heterocycles. The van der Waals surface area contributed by atoms with Gasteiger partial charge >= 0.3 is 5.97 Å². The van der Waals surface area contributed by atoms with Crippen LogP contribution in [0.2, 0.25) is 0 Å². The van der Waals surface area contributed by atoms with E-state index < -0.39 is 5.97 Å². The molecule has 0 bridgehead atoms. The first kappa shape index (κ1) is 12.2. The standard InChI is InChI=1S/C14H17N3O2/c1-16-5-2-3-12(16)8-11-9-17-6-4-10(14(18)19)7-13(17)15-11/h4,6-7,9,12H,2-3,5,8H2,1H3,(H,18,19). The highest BCUT2D eigenvalue weighted by molar-refractivity contribution is 5.88. The molecule has 1 N–H and O–H groups in total. The molecule has 1 saturated heterocycles. The number of fused-ring (bicyclic) bond motifs is 1. The van der Waals surface area contributed by atoms with Gasteiger partial charge in [-0.15, -0.1) is 0 Å². The van der Waals surface area contributed by atoms with Crippen molar-refractivity contribution >= 4 is 11.6 Å². The van der Waals surface area contributed by atoms with Crippen LogP contribution in [0, 0.1) is 0 Å². The summed E-state index contributed by atoms with van der Waals surface area (Å²) in [6.07, 6.45) is 7.14. The highest BCUT2D eigenvalue weighted by atomic mass is 16.4. The topological polar surface area (TPSA) is 57.8 Å². The number of rotatable bonds is 3. The number of likely N-dealkylation sites (tertiary alicyclic amines) is 1. The molecule has 2 aromatic rings. The Kier molecular flexibility index (Phi) is 2.98. The molecule has 5 heteroatoms. The second-order valence-electron chi connectivity index (χ2n) is 5.20. The molecule has 0 aliphatic carbocycles. The van der Waals surface area contributed by atoms with E-state index in [0.717, 1.165) is 18.7 Å². The van der Waals surface area contributed by atoms with Crippen LogP contribution in [0.15, 0.2) is 24.5 Å². The van der Waals surface area contributed by atoms with Crippen molar-refractivity contribution in [2.24, 2.45) is 0 Å². The zero-order chi connectivity index (χ0) is 13.4. The molecule has 1 aliphatic rings. The van der Waals surface area contributed by atoms with Crippen molar-refractivity contribution in [3.05, 3.63) is 35.8 Å². The van der Waals surface area contributed by atoms with Gasteiger partial charge in [0.1, 0.15) is 5.65 Å². The van der Waals surface area contributed by atoms with Gasteiger partial charge in [0.05, 0.1) is 11.3 Å². The largest absolute Gasteiger partial charge is 0.478 e. The van der Waals surface area contributed by atoms with Gasteiger partial charge in [0, 0.05) is 24.9 Å². The molecule has 100 valence electrons. The number of carboxylic acid groups (broad SMARTS) is 1. The number of imidazole rings is 1. The molecule has 1 fully saturated rings. The summed E-state index contributed by atoms with van der Waals surface area (Å²) in [6, 6.07) is 3.77. The lowest BCUT2D eigenvalue weighted by Gasteiger charge is -2.17. The van der Waals surface area contributed by atoms with E-state index in [2.05, 4.69) is 16.9 Å². The van der Waals surface area contributed by atoms with Crippen LogP contribution >= 0.6 is 0 Å². The summed E-state index contributed by atoms with van der Waals surface area (Å²) in [6.45, 7) is 1.15. The van der Waals surface area contributed by atoms with E-state index in [-0.39, 0.29) is 5.56 Å². The van der Waals surface area contributed by atoms with E-state index in [1.807, 2.05) is 10.6 Å². The Morgan fingerprint density at radius 3 is 3.11 bits per heavy atom. The van der Waals surface area contributed by atoms with Crippen LogP contribution in [0.5, 0.6) is 0 Å². The third-order valence-corrected chi connectivity index (χ3v) is 3.87. The molecule has 2 aromatic heterocycles. The van der Waals surface area contributed by atoms with E-state index >= 15 is 0 Å². The van der Waals surface area contributed by atoms with Gasteiger partial charge in [0.2, 0.25) is 0 Å². The average molecular weight is 259 g/mol. The van der Waals surface area contributed by atoms with E-state index in [4.69, 9.17) is 5.11 Å². The fourth-order valence-corrected chi connectivity index (χ4v) is 2.74. The molecule has 19 heavy (non-hydrogen) atoms. The lowest BCUT2D eigenvalue weighted by molar-refractivity contribution is 0.0697. The Morgan fingerprint density at radius 2 is 2.42 bits per heavy atom. The third kappa shape index (κ3) is 2.33. The van der Waals surface area contributed by atoms with E-state index in [0.29, 0.717) is 11.7 Å². The minimum absolute atomic E-state index is 0.280. The third-order valence-electron chi connectivity index (χ3n) is 3.87. The molecule has 1 unspecified atom stereocenters. The second kappa shape index (κ2) is 4.66. The summed E-state index contributed by atoms with van der Waals surface area (Å²) in [5.41, 5.74) is 2.01. The monoisotopic (exact) mass is 259 g/mol. The summed E-state index contributed by atoms with van der Waals surface area (Å²) >= 11 is 0. The van der Waals surface area contributed by atoms with Crippen molar-refractivity contribution in [3.63, 3.8) is 0 Å². The number of aromatic carboxylic acids is 1. The Labute approximate surface area is 111 Å². The smallest absolute Gasteiger partial charge is 0.335 e. The average Bonchev–Trinajstić information content (AvgIpc) is 2.95. The predicted octanol–water partition coefficient (Wildman–Crippen LogP) is 1.67. The van der Waals surface area contributed by atoms with Crippen molar-refractivity contribution in [1.29, 1.82) is 0 Å². The quantitative estimate of drug-likeness (QED) is 0.911. The minimum atomic E-state index is -0.914. The van der Waals surface area contributed by atoms with Crippen LogP contribution in [-0.2, 0) is 6.42 Å². The van der Waals surface area contributed by atoms with Gasteiger partial charge in [0.15, 0.2) is 0 Å². The summed E-state index contributed by atoms with van der Waals surface area (Å²) in [7, 11) is 2.15.